The zero-order valence-electron chi connectivity index (χ0n) is 19.9. The average Bonchev–Trinajstić information content (AvgIpc) is 2.84. The molecule has 0 N–H and O–H groups in total. The molecule has 167 valence electrons. The van der Waals surface area contributed by atoms with E-state index < -0.39 is 0 Å². The van der Waals surface area contributed by atoms with Crippen LogP contribution >= 0.6 is 0 Å². The molecule has 0 unspecified atom stereocenters. The highest BCUT2D eigenvalue weighted by atomic mass is 16.5. The summed E-state index contributed by atoms with van der Waals surface area (Å²) in [5.41, 5.74) is 8.92. The lowest BCUT2D eigenvalue weighted by molar-refractivity contribution is 0.282. The van der Waals surface area contributed by atoms with Crippen molar-refractivity contribution in [3.05, 3.63) is 107 Å². The summed E-state index contributed by atoms with van der Waals surface area (Å²) in [6, 6.07) is 31.2. The topological polar surface area (TPSA) is 18.5 Å². The molecular formula is C31H31O2. The van der Waals surface area contributed by atoms with E-state index in [0.717, 1.165) is 57.7 Å². The Bertz CT molecular complexity index is 1190. The van der Waals surface area contributed by atoms with E-state index in [1.807, 2.05) is 18.2 Å². The number of methoxy groups -OCH3 is 1. The summed E-state index contributed by atoms with van der Waals surface area (Å²) in [5.74, 6) is 1.56. The standard InChI is InChI=1S/C31H31O2/c1-5-9-27-20-28(25-16-12-22(2)13-17-25)29(26-18-14-23(3)15-19-26)31(32-4)30(27)33-21-24-10-7-6-8-11-24/h6-8,10-19H,5,9,21H2,1-4H3. The minimum atomic E-state index is 0.485. The molecule has 4 aromatic carbocycles. The molecule has 33 heavy (non-hydrogen) atoms. The van der Waals surface area contributed by atoms with Crippen LogP contribution in [-0.4, -0.2) is 7.11 Å². The van der Waals surface area contributed by atoms with Crippen LogP contribution < -0.4 is 9.47 Å². The van der Waals surface area contributed by atoms with E-state index >= 15 is 0 Å². The maximum atomic E-state index is 6.44. The van der Waals surface area contributed by atoms with Crippen molar-refractivity contribution in [3.63, 3.8) is 0 Å². The third kappa shape index (κ3) is 5.12. The van der Waals surface area contributed by atoms with Crippen LogP contribution in [0.15, 0.2) is 78.9 Å². The van der Waals surface area contributed by atoms with Gasteiger partial charge < -0.3 is 9.47 Å². The third-order valence-electron chi connectivity index (χ3n) is 5.84. The summed E-state index contributed by atoms with van der Waals surface area (Å²) in [4.78, 5) is 0. The van der Waals surface area contributed by atoms with Gasteiger partial charge in [-0.15, -0.1) is 0 Å². The highest BCUT2D eigenvalue weighted by Gasteiger charge is 2.23. The summed E-state index contributed by atoms with van der Waals surface area (Å²) in [7, 11) is 1.73. The second kappa shape index (κ2) is 10.4. The van der Waals surface area contributed by atoms with E-state index in [1.165, 1.54) is 11.1 Å². The molecule has 0 spiro atoms. The van der Waals surface area contributed by atoms with Crippen molar-refractivity contribution in [1.82, 2.24) is 0 Å². The molecule has 0 aliphatic heterocycles. The number of hydrogen-bond acceptors (Lipinski definition) is 2. The molecule has 0 aliphatic rings. The number of aryl methyl sites for hydroxylation is 3. The fourth-order valence-corrected chi connectivity index (χ4v) is 4.07. The molecule has 4 rings (SSSR count). The second-order valence-corrected chi connectivity index (χ2v) is 8.47. The van der Waals surface area contributed by atoms with Gasteiger partial charge in [0.05, 0.1) is 7.11 Å². The van der Waals surface area contributed by atoms with Gasteiger partial charge in [-0.3, -0.25) is 0 Å². The van der Waals surface area contributed by atoms with Gasteiger partial charge in [-0.25, -0.2) is 0 Å². The predicted molar refractivity (Wildman–Crippen MR) is 137 cm³/mol. The maximum Gasteiger partial charge on any atom is 0.169 e. The van der Waals surface area contributed by atoms with Crippen LogP contribution in [0.2, 0.25) is 0 Å². The molecule has 0 saturated heterocycles. The highest BCUT2D eigenvalue weighted by molar-refractivity contribution is 5.90. The molecule has 0 aromatic heterocycles. The van der Waals surface area contributed by atoms with Crippen LogP contribution in [0, 0.1) is 19.9 Å². The average molecular weight is 436 g/mol. The Morgan fingerprint density at radius 2 is 1.33 bits per heavy atom. The van der Waals surface area contributed by atoms with Gasteiger partial charge in [0.1, 0.15) is 6.61 Å². The molecule has 2 heteroatoms. The molecule has 0 aliphatic carbocycles. The molecular weight excluding hydrogens is 404 g/mol. The van der Waals surface area contributed by atoms with Crippen LogP contribution in [0.4, 0.5) is 0 Å². The monoisotopic (exact) mass is 435 g/mol. The Morgan fingerprint density at radius 3 is 1.91 bits per heavy atom. The molecule has 0 saturated carbocycles. The van der Waals surface area contributed by atoms with Crippen molar-refractivity contribution in [2.75, 3.05) is 7.11 Å². The fraction of sp³-hybridized carbons (Fsp3) is 0.226. The van der Waals surface area contributed by atoms with Gasteiger partial charge in [-0.2, -0.15) is 0 Å². The molecule has 0 fully saturated rings. The van der Waals surface area contributed by atoms with Crippen LogP contribution in [0.1, 0.15) is 35.6 Å². The molecule has 4 aromatic rings. The zero-order chi connectivity index (χ0) is 23.2. The van der Waals surface area contributed by atoms with Gasteiger partial charge in [-0.05, 0) is 43.0 Å². The van der Waals surface area contributed by atoms with Crippen LogP contribution in [-0.2, 0) is 13.0 Å². The van der Waals surface area contributed by atoms with E-state index in [2.05, 4.69) is 87.5 Å². The fourth-order valence-electron chi connectivity index (χ4n) is 4.07. The summed E-state index contributed by atoms with van der Waals surface area (Å²) in [6.45, 7) is 6.88. The first-order valence-corrected chi connectivity index (χ1v) is 11.6. The first kappa shape index (κ1) is 22.7. The molecule has 0 amide bonds. The van der Waals surface area contributed by atoms with Gasteiger partial charge in [0.25, 0.3) is 0 Å². The van der Waals surface area contributed by atoms with E-state index in [-0.39, 0.29) is 0 Å². The Morgan fingerprint density at radius 1 is 0.727 bits per heavy atom. The van der Waals surface area contributed by atoms with Gasteiger partial charge in [-0.1, -0.05) is 103 Å². The summed E-state index contributed by atoms with van der Waals surface area (Å²) >= 11 is 0. The van der Waals surface area contributed by atoms with E-state index in [9.17, 15) is 0 Å². The van der Waals surface area contributed by atoms with Gasteiger partial charge in [0.2, 0.25) is 0 Å². The van der Waals surface area contributed by atoms with Crippen molar-refractivity contribution >= 4 is 0 Å². The number of benzene rings is 4. The highest BCUT2D eigenvalue weighted by Crippen LogP contribution is 2.47. The molecule has 1 radical (unpaired) electrons. The van der Waals surface area contributed by atoms with Crippen LogP contribution in [0.25, 0.3) is 22.3 Å². The maximum absolute atomic E-state index is 6.44. The lowest BCUT2D eigenvalue weighted by Gasteiger charge is -2.22. The number of rotatable bonds is 8. The van der Waals surface area contributed by atoms with Gasteiger partial charge in [0.15, 0.2) is 11.5 Å². The van der Waals surface area contributed by atoms with Crippen LogP contribution in [0.3, 0.4) is 0 Å². The summed E-state index contributed by atoms with van der Waals surface area (Å²) in [5, 5.41) is 0. The minimum absolute atomic E-state index is 0.485. The SMILES string of the molecule is CCCc1[c]c(-c2ccc(C)cc2)c(-c2ccc(C)cc2)c(OC)c1OCc1ccccc1. The number of ether oxygens (including phenoxy) is 2. The van der Waals surface area contributed by atoms with Crippen molar-refractivity contribution in [1.29, 1.82) is 0 Å². The minimum Gasteiger partial charge on any atom is -0.492 e. The van der Waals surface area contributed by atoms with Crippen LogP contribution in [0.5, 0.6) is 11.5 Å². The van der Waals surface area contributed by atoms with Crippen molar-refractivity contribution in [3.8, 4) is 33.8 Å². The molecule has 0 atom stereocenters. The van der Waals surface area contributed by atoms with Gasteiger partial charge >= 0.3 is 0 Å². The molecule has 0 bridgehead atoms. The first-order chi connectivity index (χ1) is 16.1. The van der Waals surface area contributed by atoms with Crippen molar-refractivity contribution < 1.29 is 9.47 Å². The Balaban J connectivity index is 1.93. The Hall–Kier alpha value is -3.52. The predicted octanol–water partition coefficient (Wildman–Crippen LogP) is 7.98. The van der Waals surface area contributed by atoms with Crippen molar-refractivity contribution in [2.45, 2.75) is 40.2 Å². The zero-order valence-corrected chi connectivity index (χ0v) is 19.9. The van der Waals surface area contributed by atoms with E-state index in [4.69, 9.17) is 9.47 Å². The first-order valence-electron chi connectivity index (χ1n) is 11.6. The Kier molecular flexibility index (Phi) is 7.14. The second-order valence-electron chi connectivity index (χ2n) is 8.47. The largest absolute Gasteiger partial charge is 0.492 e. The lowest BCUT2D eigenvalue weighted by atomic mass is 9.89. The quantitative estimate of drug-likeness (QED) is 0.279. The van der Waals surface area contributed by atoms with Crippen molar-refractivity contribution in [2.24, 2.45) is 0 Å². The third-order valence-corrected chi connectivity index (χ3v) is 5.84. The van der Waals surface area contributed by atoms with Gasteiger partial charge in [0, 0.05) is 16.7 Å². The van der Waals surface area contributed by atoms with E-state index in [1.54, 1.807) is 7.11 Å². The van der Waals surface area contributed by atoms with E-state index in [0.29, 0.717) is 6.61 Å². The lowest BCUT2D eigenvalue weighted by Crippen LogP contribution is -2.04. The number of hydrogen-bond donors (Lipinski definition) is 0. The normalized spacial score (nSPS) is 10.8. The summed E-state index contributed by atoms with van der Waals surface area (Å²) < 4.78 is 12.5. The summed E-state index contributed by atoms with van der Waals surface area (Å²) in [6.07, 6.45) is 1.87. The Labute approximate surface area is 197 Å². The molecule has 2 nitrogen and oxygen atoms in total. The molecule has 0 heterocycles. The smallest absolute Gasteiger partial charge is 0.169 e.